The number of benzene rings is 1. The van der Waals surface area contributed by atoms with E-state index in [0.29, 0.717) is 13.0 Å². The van der Waals surface area contributed by atoms with Gasteiger partial charge in [-0.15, -0.1) is 0 Å². The molecular weight excluding hydrogens is 636 g/mol. The van der Waals surface area contributed by atoms with Crippen LogP contribution in [0, 0.1) is 0 Å². The van der Waals surface area contributed by atoms with Crippen molar-refractivity contribution >= 4 is 17.6 Å². The van der Waals surface area contributed by atoms with Gasteiger partial charge in [0.05, 0.1) is 18.7 Å². The molecule has 0 aromatic heterocycles. The van der Waals surface area contributed by atoms with Gasteiger partial charge in [0, 0.05) is 6.42 Å². The van der Waals surface area contributed by atoms with Crippen LogP contribution in [0.3, 0.4) is 0 Å². The van der Waals surface area contributed by atoms with Gasteiger partial charge < -0.3 is 20.0 Å². The molecule has 1 rings (SSSR count). The second kappa shape index (κ2) is 34.5. The summed E-state index contributed by atoms with van der Waals surface area (Å²) in [6.07, 6.45) is 34.8. The van der Waals surface area contributed by atoms with Gasteiger partial charge in [-0.3, -0.25) is 4.79 Å². The van der Waals surface area contributed by atoms with E-state index in [1.807, 2.05) is 0 Å². The van der Waals surface area contributed by atoms with Gasteiger partial charge >= 0.3 is 5.97 Å². The lowest BCUT2D eigenvalue weighted by Gasteiger charge is -2.18. The highest BCUT2D eigenvalue weighted by Crippen LogP contribution is 2.16. The molecule has 0 saturated carbocycles. The Bertz CT molecular complexity index is 980. The lowest BCUT2D eigenvalue weighted by Crippen LogP contribution is -2.44. The summed E-state index contributed by atoms with van der Waals surface area (Å²) in [4.78, 5) is 31.7. The number of carbonyl (C=O) groups is 2. The van der Waals surface area contributed by atoms with Crippen molar-refractivity contribution in [3.63, 3.8) is 0 Å². The molecule has 1 atom stereocenters. The quantitative estimate of drug-likeness (QED) is 0.0312. The lowest BCUT2D eigenvalue weighted by atomic mass is 10.0. The minimum absolute atomic E-state index is 0.0995. The van der Waals surface area contributed by atoms with E-state index in [4.69, 9.17) is 9.57 Å². The van der Waals surface area contributed by atoms with Gasteiger partial charge in [-0.2, -0.15) is 0 Å². The second-order valence-corrected chi connectivity index (χ2v) is 14.6. The van der Waals surface area contributed by atoms with E-state index in [1.54, 1.807) is 31.2 Å². The van der Waals surface area contributed by atoms with E-state index in [1.165, 1.54) is 141 Å². The van der Waals surface area contributed by atoms with Crippen LogP contribution in [0.2, 0.25) is 0 Å². The zero-order valence-corrected chi connectivity index (χ0v) is 33.3. The fraction of sp³-hybridized carbons (Fsp3) is 0.795. The predicted molar refractivity (Wildman–Crippen MR) is 214 cm³/mol. The van der Waals surface area contributed by atoms with Gasteiger partial charge in [0.2, 0.25) is 5.91 Å². The summed E-state index contributed by atoms with van der Waals surface area (Å²) < 4.78 is 5.26. The Balaban J connectivity index is 2.48. The van der Waals surface area contributed by atoms with E-state index in [-0.39, 0.29) is 31.1 Å². The zero-order chi connectivity index (χ0) is 37.0. The molecule has 7 heteroatoms. The summed E-state index contributed by atoms with van der Waals surface area (Å²) in [5.74, 6) is -0.569. The molecule has 0 aliphatic carbocycles. The third kappa shape index (κ3) is 28.7. The van der Waals surface area contributed by atoms with E-state index < -0.39 is 12.0 Å². The van der Waals surface area contributed by atoms with Gasteiger partial charge in [-0.05, 0) is 50.3 Å². The highest BCUT2D eigenvalue weighted by atomic mass is 16.6. The first-order chi connectivity index (χ1) is 25.0. The van der Waals surface area contributed by atoms with E-state index in [2.05, 4.69) is 24.3 Å². The third-order valence-corrected chi connectivity index (χ3v) is 9.75. The minimum Gasteiger partial charge on any atom is -0.508 e. The molecule has 7 nitrogen and oxygen atoms in total. The molecule has 1 aromatic carbocycles. The Morgan fingerprint density at radius 1 is 0.627 bits per heavy atom. The van der Waals surface area contributed by atoms with E-state index >= 15 is 0 Å². The van der Waals surface area contributed by atoms with Crippen LogP contribution < -0.4 is 5.32 Å². The number of nitrogens with one attached hydrogen (secondary N) is 1. The number of esters is 1. The van der Waals surface area contributed by atoms with Crippen LogP contribution in [0.4, 0.5) is 0 Å². The largest absolute Gasteiger partial charge is 0.508 e. The molecular formula is C44H78N2O5. The number of phenols is 1. The Kier molecular flexibility index (Phi) is 31.4. The highest BCUT2D eigenvalue weighted by molar-refractivity contribution is 6.01. The minimum atomic E-state index is -0.814. The Morgan fingerprint density at radius 2 is 1.06 bits per heavy atom. The molecule has 294 valence electrons. The number of rotatable bonds is 36. The molecule has 0 fully saturated rings. The summed E-state index contributed by atoms with van der Waals surface area (Å²) in [6.45, 7) is 7.10. The number of aromatic hydroxyl groups is 1. The van der Waals surface area contributed by atoms with Gasteiger partial charge in [0.25, 0.3) is 0 Å². The number of amides is 1. The number of phenolic OH excluding ortho intramolecular Hbond substituents is 1. The fourth-order valence-electron chi connectivity index (χ4n) is 6.57. The summed E-state index contributed by atoms with van der Waals surface area (Å²) in [7, 11) is 0. The molecule has 2 N–H and O–H groups in total. The van der Waals surface area contributed by atoms with Crippen LogP contribution in [0.1, 0.15) is 206 Å². The highest BCUT2D eigenvalue weighted by Gasteiger charge is 2.23. The Labute approximate surface area is 313 Å². The van der Waals surface area contributed by atoms with Crippen molar-refractivity contribution in [1.29, 1.82) is 0 Å². The number of oxime groups is 1. The SMILES string of the molecule is CCCCCCCCCCCCCCCON=C(CCCCCCCCCCCCCCC)CC(=O)N[C@@H](Cc1ccc(O)cc1)C(=O)OCC. The maximum Gasteiger partial charge on any atom is 0.328 e. The maximum atomic E-state index is 13.2. The van der Waals surface area contributed by atoms with Crippen molar-refractivity contribution in [3.8, 4) is 5.75 Å². The number of ether oxygens (including phenoxy) is 1. The van der Waals surface area contributed by atoms with Crippen LogP contribution in [-0.4, -0.2) is 42.0 Å². The molecule has 0 aliphatic heterocycles. The molecule has 0 aliphatic rings. The van der Waals surface area contributed by atoms with E-state index in [0.717, 1.165) is 37.0 Å². The summed E-state index contributed by atoms with van der Waals surface area (Å²) in [5, 5.41) is 17.0. The molecule has 0 radical (unpaired) electrons. The molecule has 0 spiro atoms. The standard InChI is InChI=1S/C44H78N2O5/c1-4-7-9-11-13-15-17-19-21-23-25-27-29-31-40(46-51-36-30-28-26-24-22-20-18-16-14-12-10-8-5-2)38-43(48)45-42(44(49)50-6-3)37-39-32-34-41(47)35-33-39/h32-35,42,47H,4-31,36-38H2,1-3H3,(H,45,48)/t42-/m0/s1. The number of hydrogen-bond donors (Lipinski definition) is 2. The van der Waals surface area contributed by atoms with Crippen LogP contribution in [0.25, 0.3) is 0 Å². The predicted octanol–water partition coefficient (Wildman–Crippen LogP) is 12.3. The van der Waals surface area contributed by atoms with Crippen molar-refractivity contribution in [3.05, 3.63) is 29.8 Å². The fourth-order valence-corrected chi connectivity index (χ4v) is 6.57. The average molecular weight is 715 g/mol. The lowest BCUT2D eigenvalue weighted by molar-refractivity contribution is -0.147. The molecule has 0 heterocycles. The molecule has 1 aromatic rings. The molecule has 51 heavy (non-hydrogen) atoms. The average Bonchev–Trinajstić information content (AvgIpc) is 3.12. The van der Waals surface area contributed by atoms with Gasteiger partial charge in [-0.1, -0.05) is 179 Å². The Hall–Kier alpha value is -2.57. The van der Waals surface area contributed by atoms with Crippen LogP contribution >= 0.6 is 0 Å². The van der Waals surface area contributed by atoms with Gasteiger partial charge in [-0.25, -0.2) is 4.79 Å². The monoisotopic (exact) mass is 715 g/mol. The van der Waals surface area contributed by atoms with Crippen molar-refractivity contribution < 1.29 is 24.3 Å². The first-order valence-corrected chi connectivity index (χ1v) is 21.4. The van der Waals surface area contributed by atoms with Crippen molar-refractivity contribution in [2.75, 3.05) is 13.2 Å². The maximum absolute atomic E-state index is 13.2. The molecule has 0 bridgehead atoms. The number of nitrogens with zero attached hydrogens (tertiary/aromatic N) is 1. The van der Waals surface area contributed by atoms with Gasteiger partial charge in [0.1, 0.15) is 18.4 Å². The first-order valence-electron chi connectivity index (χ1n) is 21.4. The topological polar surface area (TPSA) is 97.2 Å². The first kappa shape index (κ1) is 46.5. The van der Waals surface area contributed by atoms with Crippen LogP contribution in [-0.2, 0) is 25.6 Å². The molecule has 0 unspecified atom stereocenters. The van der Waals surface area contributed by atoms with Crippen LogP contribution in [0.5, 0.6) is 5.75 Å². The number of carbonyl (C=O) groups excluding carboxylic acids is 2. The normalized spacial score (nSPS) is 12.2. The second-order valence-electron chi connectivity index (χ2n) is 14.6. The van der Waals surface area contributed by atoms with Crippen molar-refractivity contribution in [1.82, 2.24) is 5.32 Å². The van der Waals surface area contributed by atoms with Gasteiger partial charge in [0.15, 0.2) is 0 Å². The number of unbranched alkanes of at least 4 members (excludes halogenated alkanes) is 24. The zero-order valence-electron chi connectivity index (χ0n) is 33.3. The van der Waals surface area contributed by atoms with Crippen molar-refractivity contribution in [2.24, 2.45) is 5.16 Å². The summed E-state index contributed by atoms with van der Waals surface area (Å²) in [5.41, 5.74) is 1.56. The summed E-state index contributed by atoms with van der Waals surface area (Å²) in [6, 6.07) is 5.84. The Morgan fingerprint density at radius 3 is 1.51 bits per heavy atom. The van der Waals surface area contributed by atoms with Crippen molar-refractivity contribution in [2.45, 2.75) is 213 Å². The smallest absolute Gasteiger partial charge is 0.328 e. The third-order valence-electron chi connectivity index (χ3n) is 9.75. The molecule has 1 amide bonds. The summed E-state index contributed by atoms with van der Waals surface area (Å²) >= 11 is 0. The van der Waals surface area contributed by atoms with E-state index in [9.17, 15) is 14.7 Å². The van der Waals surface area contributed by atoms with Crippen LogP contribution in [0.15, 0.2) is 29.4 Å². The number of hydrogen-bond acceptors (Lipinski definition) is 6. The molecule has 0 saturated heterocycles.